The molecular weight excluding hydrogens is 313 g/mol. The Labute approximate surface area is 138 Å². The summed E-state index contributed by atoms with van der Waals surface area (Å²) in [6.07, 6.45) is 0. The van der Waals surface area contributed by atoms with Crippen LogP contribution in [0.3, 0.4) is 0 Å². The van der Waals surface area contributed by atoms with Crippen molar-refractivity contribution in [2.45, 2.75) is 13.8 Å². The third kappa shape index (κ3) is 2.68. The van der Waals surface area contributed by atoms with Gasteiger partial charge in [0.1, 0.15) is 0 Å². The number of amides is 2. The number of benzene rings is 1. The fraction of sp³-hybridized carbons (Fsp3) is 0.235. The predicted molar refractivity (Wildman–Crippen MR) is 87.2 cm³/mol. The highest BCUT2D eigenvalue weighted by atomic mass is 19.1. The lowest BCUT2D eigenvalue weighted by Crippen LogP contribution is -2.33. The van der Waals surface area contributed by atoms with Crippen molar-refractivity contribution in [3.05, 3.63) is 53.0 Å². The van der Waals surface area contributed by atoms with Crippen LogP contribution in [0.5, 0.6) is 0 Å². The second kappa shape index (κ2) is 5.92. The molecule has 1 aromatic heterocycles. The van der Waals surface area contributed by atoms with E-state index in [1.54, 1.807) is 32.0 Å². The third-order valence-corrected chi connectivity index (χ3v) is 3.92. The first kappa shape index (κ1) is 15.9. The zero-order valence-corrected chi connectivity index (χ0v) is 13.3. The molecule has 6 nitrogen and oxygen atoms in total. The number of urea groups is 1. The summed E-state index contributed by atoms with van der Waals surface area (Å²) in [7, 11) is 0. The number of carboxylic acids is 1. The van der Waals surface area contributed by atoms with Gasteiger partial charge in [0.25, 0.3) is 0 Å². The van der Waals surface area contributed by atoms with Gasteiger partial charge in [0.05, 0.1) is 5.56 Å². The Morgan fingerprint density at radius 3 is 2.62 bits per heavy atom. The molecule has 0 saturated carbocycles. The second-order valence-corrected chi connectivity index (χ2v) is 5.66. The van der Waals surface area contributed by atoms with E-state index < -0.39 is 17.8 Å². The van der Waals surface area contributed by atoms with E-state index in [2.05, 4.69) is 4.98 Å². The van der Waals surface area contributed by atoms with Gasteiger partial charge < -0.3 is 5.11 Å². The average Bonchev–Trinajstić information content (AvgIpc) is 2.92. The number of nitrogens with zero attached hydrogens (tertiary/aromatic N) is 3. The van der Waals surface area contributed by atoms with E-state index in [4.69, 9.17) is 5.11 Å². The molecule has 0 bridgehead atoms. The van der Waals surface area contributed by atoms with Crippen LogP contribution in [-0.4, -0.2) is 35.2 Å². The molecule has 124 valence electrons. The van der Waals surface area contributed by atoms with Gasteiger partial charge in [0, 0.05) is 24.5 Å². The number of carboxylic acid groups (broad SMARTS) is 1. The molecule has 2 heterocycles. The van der Waals surface area contributed by atoms with Crippen molar-refractivity contribution in [3.8, 4) is 0 Å². The lowest BCUT2D eigenvalue weighted by molar-refractivity contribution is 0.0697. The van der Waals surface area contributed by atoms with Crippen molar-refractivity contribution in [2.24, 2.45) is 0 Å². The molecule has 1 aliphatic heterocycles. The highest BCUT2D eigenvalue weighted by molar-refractivity contribution is 6.06. The molecule has 2 aromatic rings. The van der Waals surface area contributed by atoms with Crippen molar-refractivity contribution < 1.29 is 19.1 Å². The Hall–Kier alpha value is -2.96. The zero-order valence-electron chi connectivity index (χ0n) is 13.3. The summed E-state index contributed by atoms with van der Waals surface area (Å²) in [6, 6.07) is 7.30. The van der Waals surface area contributed by atoms with Crippen LogP contribution >= 0.6 is 0 Å². The van der Waals surface area contributed by atoms with Gasteiger partial charge in [-0.05, 0) is 43.7 Å². The number of hydrogen-bond acceptors (Lipinski definition) is 3. The maximum Gasteiger partial charge on any atom is 0.335 e. The van der Waals surface area contributed by atoms with Crippen molar-refractivity contribution in [3.63, 3.8) is 0 Å². The van der Waals surface area contributed by atoms with Crippen molar-refractivity contribution in [1.29, 1.82) is 0 Å². The smallest absolute Gasteiger partial charge is 0.335 e. The monoisotopic (exact) mass is 329 g/mol. The molecule has 1 fully saturated rings. The van der Waals surface area contributed by atoms with Crippen molar-refractivity contribution >= 4 is 23.5 Å². The number of rotatable bonds is 3. The van der Waals surface area contributed by atoms with E-state index >= 15 is 0 Å². The molecule has 1 N–H and O–H groups in total. The predicted octanol–water partition coefficient (Wildman–Crippen LogP) is 2.98. The maximum absolute atomic E-state index is 14.4. The molecule has 7 heteroatoms. The molecule has 1 aliphatic rings. The minimum Gasteiger partial charge on any atom is -0.478 e. The summed E-state index contributed by atoms with van der Waals surface area (Å²) >= 11 is 0. The topological polar surface area (TPSA) is 73.7 Å². The first-order valence-corrected chi connectivity index (χ1v) is 7.44. The molecule has 2 amide bonds. The van der Waals surface area contributed by atoms with Gasteiger partial charge in [-0.25, -0.2) is 19.0 Å². The van der Waals surface area contributed by atoms with Gasteiger partial charge in [0.15, 0.2) is 11.6 Å². The lowest BCUT2D eigenvalue weighted by atomic mass is 10.2. The van der Waals surface area contributed by atoms with Gasteiger partial charge in [-0.3, -0.25) is 9.80 Å². The van der Waals surface area contributed by atoms with Gasteiger partial charge in [-0.1, -0.05) is 6.07 Å². The van der Waals surface area contributed by atoms with E-state index in [9.17, 15) is 14.0 Å². The number of aromatic carboxylic acids is 1. The Bertz CT molecular complexity index is 838. The minimum absolute atomic E-state index is 0.00869. The number of carbonyl (C=O) groups is 2. The van der Waals surface area contributed by atoms with E-state index in [1.165, 1.54) is 21.9 Å². The summed E-state index contributed by atoms with van der Waals surface area (Å²) < 4.78 is 14.4. The van der Waals surface area contributed by atoms with Crippen LogP contribution in [0.1, 0.15) is 21.6 Å². The van der Waals surface area contributed by atoms with Gasteiger partial charge in [0.2, 0.25) is 0 Å². The van der Waals surface area contributed by atoms with Crippen molar-refractivity contribution in [2.75, 3.05) is 22.9 Å². The third-order valence-electron chi connectivity index (χ3n) is 3.92. The lowest BCUT2D eigenvalue weighted by Gasteiger charge is -2.19. The Balaban J connectivity index is 1.94. The largest absolute Gasteiger partial charge is 0.478 e. The summed E-state index contributed by atoms with van der Waals surface area (Å²) in [5.41, 5.74) is 1.61. The maximum atomic E-state index is 14.4. The Morgan fingerprint density at radius 1 is 1.21 bits per heavy atom. The minimum atomic E-state index is -1.07. The summed E-state index contributed by atoms with van der Waals surface area (Å²) in [5, 5.41) is 9.07. The summed E-state index contributed by atoms with van der Waals surface area (Å²) in [4.78, 5) is 30.6. The molecule has 0 atom stereocenters. The second-order valence-electron chi connectivity index (χ2n) is 5.66. The number of halogens is 1. The van der Waals surface area contributed by atoms with Crippen LogP contribution in [0.2, 0.25) is 0 Å². The van der Waals surface area contributed by atoms with E-state index in [0.29, 0.717) is 23.5 Å². The van der Waals surface area contributed by atoms with Crippen LogP contribution in [0.15, 0.2) is 30.3 Å². The Morgan fingerprint density at radius 2 is 1.92 bits per heavy atom. The Kier molecular flexibility index (Phi) is 3.92. The molecule has 1 saturated heterocycles. The number of pyridine rings is 1. The van der Waals surface area contributed by atoms with E-state index in [0.717, 1.165) is 0 Å². The summed E-state index contributed by atoms with van der Waals surface area (Å²) in [6.45, 7) is 3.98. The van der Waals surface area contributed by atoms with Gasteiger partial charge in [-0.15, -0.1) is 0 Å². The normalized spacial score (nSPS) is 14.4. The first-order valence-electron chi connectivity index (χ1n) is 7.44. The highest BCUT2D eigenvalue weighted by Gasteiger charge is 2.33. The molecule has 0 radical (unpaired) electrons. The zero-order chi connectivity index (χ0) is 17.4. The van der Waals surface area contributed by atoms with E-state index in [1.807, 2.05) is 0 Å². The van der Waals surface area contributed by atoms with Crippen LogP contribution in [0.25, 0.3) is 0 Å². The molecule has 0 aliphatic carbocycles. The fourth-order valence-corrected chi connectivity index (χ4v) is 2.76. The molecule has 0 unspecified atom stereocenters. The number of aryl methyl sites for hydroxylation is 2. The summed E-state index contributed by atoms with van der Waals surface area (Å²) in [5.74, 6) is -1.58. The van der Waals surface area contributed by atoms with Gasteiger partial charge >= 0.3 is 12.0 Å². The molecular formula is C17H16FN3O3. The SMILES string of the molecule is Cc1cc(C)c(F)c(N2CCN(c3cccc(C(=O)O)c3)C2=O)n1. The van der Waals surface area contributed by atoms with Crippen LogP contribution in [-0.2, 0) is 0 Å². The number of carbonyl (C=O) groups excluding carboxylic acids is 1. The quantitative estimate of drug-likeness (QED) is 0.939. The van der Waals surface area contributed by atoms with Crippen LogP contribution < -0.4 is 9.80 Å². The number of aromatic nitrogens is 1. The molecule has 3 rings (SSSR count). The molecule has 0 spiro atoms. The van der Waals surface area contributed by atoms with Gasteiger partial charge in [-0.2, -0.15) is 0 Å². The van der Waals surface area contributed by atoms with Crippen molar-refractivity contribution in [1.82, 2.24) is 4.98 Å². The number of hydrogen-bond donors (Lipinski definition) is 1. The van der Waals surface area contributed by atoms with E-state index in [-0.39, 0.29) is 17.9 Å². The van der Waals surface area contributed by atoms with Crippen LogP contribution in [0, 0.1) is 19.7 Å². The van der Waals surface area contributed by atoms with Crippen LogP contribution in [0.4, 0.5) is 20.7 Å². The number of anilines is 2. The standard InChI is InChI=1S/C17H16FN3O3/c1-10-8-11(2)19-15(14(10)18)21-7-6-20(17(21)24)13-5-3-4-12(9-13)16(22)23/h3-5,8-9H,6-7H2,1-2H3,(H,22,23). The molecule has 24 heavy (non-hydrogen) atoms. The fourth-order valence-electron chi connectivity index (χ4n) is 2.76. The first-order chi connectivity index (χ1) is 11.4. The highest BCUT2D eigenvalue weighted by Crippen LogP contribution is 2.27. The average molecular weight is 329 g/mol. The molecule has 1 aromatic carbocycles.